The van der Waals surface area contributed by atoms with Crippen LogP contribution < -0.4 is 0 Å². The molecule has 3 nitrogen and oxygen atoms in total. The summed E-state index contributed by atoms with van der Waals surface area (Å²) >= 11 is 0. The first-order valence-electron chi connectivity index (χ1n) is 8.02. The Labute approximate surface area is 122 Å². The minimum atomic E-state index is -0.319. The maximum absolute atomic E-state index is 10.2. The van der Waals surface area contributed by atoms with Crippen LogP contribution in [-0.2, 0) is 0 Å². The van der Waals surface area contributed by atoms with Crippen LogP contribution in [-0.4, -0.2) is 53.7 Å². The third kappa shape index (κ3) is 3.40. The number of rotatable bonds is 4. The zero-order chi connectivity index (χ0) is 13.8. The predicted octanol–water partition coefficient (Wildman–Crippen LogP) is 2.28. The maximum Gasteiger partial charge on any atom is 0.0802 e. The molecule has 0 bridgehead atoms. The summed E-state index contributed by atoms with van der Waals surface area (Å²) in [6.07, 6.45) is 4.65. The van der Waals surface area contributed by atoms with E-state index in [-0.39, 0.29) is 6.10 Å². The molecule has 2 atom stereocenters. The molecule has 0 aromatic heterocycles. The van der Waals surface area contributed by atoms with Crippen LogP contribution in [0.1, 0.15) is 37.4 Å². The molecule has 1 aromatic rings. The first-order chi connectivity index (χ1) is 9.83. The lowest BCUT2D eigenvalue weighted by Crippen LogP contribution is -2.54. The first kappa shape index (κ1) is 14.1. The Morgan fingerprint density at radius 1 is 1.10 bits per heavy atom. The number of hydrogen-bond acceptors (Lipinski definition) is 3. The smallest absolute Gasteiger partial charge is 0.0802 e. The average Bonchev–Trinajstić information content (AvgIpc) is 2.53. The number of fused-ring (bicyclic) bond motifs is 1. The van der Waals surface area contributed by atoms with Gasteiger partial charge in [-0.15, -0.1) is 0 Å². The molecule has 1 N–H and O–H groups in total. The van der Waals surface area contributed by atoms with Gasteiger partial charge in [-0.25, -0.2) is 0 Å². The van der Waals surface area contributed by atoms with E-state index in [0.29, 0.717) is 0 Å². The van der Waals surface area contributed by atoms with Crippen LogP contribution in [0.3, 0.4) is 0 Å². The Bertz CT molecular complexity index is 409. The molecule has 3 rings (SSSR count). The lowest BCUT2D eigenvalue weighted by Gasteiger charge is -2.44. The Kier molecular flexibility index (Phi) is 4.71. The lowest BCUT2D eigenvalue weighted by atomic mass is 9.99. The van der Waals surface area contributed by atoms with Crippen molar-refractivity contribution in [3.05, 3.63) is 35.9 Å². The third-order valence-electron chi connectivity index (χ3n) is 4.82. The summed E-state index contributed by atoms with van der Waals surface area (Å²) in [7, 11) is 0. The quantitative estimate of drug-likeness (QED) is 0.912. The summed E-state index contributed by atoms with van der Waals surface area (Å²) in [5.41, 5.74) is 1.05. The number of benzene rings is 1. The van der Waals surface area contributed by atoms with E-state index >= 15 is 0 Å². The zero-order valence-corrected chi connectivity index (χ0v) is 12.2. The molecule has 1 aromatic carbocycles. The second-order valence-corrected chi connectivity index (χ2v) is 6.20. The highest BCUT2D eigenvalue weighted by Gasteiger charge is 2.28. The summed E-state index contributed by atoms with van der Waals surface area (Å²) in [5, 5.41) is 10.2. The van der Waals surface area contributed by atoms with Crippen LogP contribution in [0.2, 0.25) is 0 Å². The Morgan fingerprint density at radius 2 is 1.95 bits per heavy atom. The van der Waals surface area contributed by atoms with Crippen molar-refractivity contribution in [2.24, 2.45) is 0 Å². The molecular formula is C17H26N2O. The van der Waals surface area contributed by atoms with E-state index < -0.39 is 0 Å². The van der Waals surface area contributed by atoms with E-state index in [1.807, 2.05) is 30.3 Å². The van der Waals surface area contributed by atoms with Gasteiger partial charge >= 0.3 is 0 Å². The van der Waals surface area contributed by atoms with E-state index in [4.69, 9.17) is 0 Å². The monoisotopic (exact) mass is 274 g/mol. The SMILES string of the molecule is OC(CCN1CCN2CCCCC2C1)c1ccccc1. The largest absolute Gasteiger partial charge is 0.388 e. The molecule has 0 saturated carbocycles. The number of aliphatic hydroxyl groups excluding tert-OH is 1. The van der Waals surface area contributed by atoms with Gasteiger partial charge in [-0.2, -0.15) is 0 Å². The van der Waals surface area contributed by atoms with Gasteiger partial charge in [0.2, 0.25) is 0 Å². The van der Waals surface area contributed by atoms with Crippen LogP contribution in [0.15, 0.2) is 30.3 Å². The van der Waals surface area contributed by atoms with E-state index in [2.05, 4.69) is 9.80 Å². The van der Waals surface area contributed by atoms with Gasteiger partial charge in [-0.3, -0.25) is 4.90 Å². The molecule has 0 radical (unpaired) electrons. The van der Waals surface area contributed by atoms with Crippen molar-refractivity contribution in [1.29, 1.82) is 0 Å². The highest BCUT2D eigenvalue weighted by atomic mass is 16.3. The summed E-state index contributed by atoms with van der Waals surface area (Å²) in [6, 6.07) is 10.8. The highest BCUT2D eigenvalue weighted by molar-refractivity contribution is 5.17. The molecular weight excluding hydrogens is 248 g/mol. The number of piperazine rings is 1. The van der Waals surface area contributed by atoms with Crippen molar-refractivity contribution in [3.8, 4) is 0 Å². The zero-order valence-electron chi connectivity index (χ0n) is 12.2. The van der Waals surface area contributed by atoms with E-state index in [1.54, 1.807) is 0 Å². The second-order valence-electron chi connectivity index (χ2n) is 6.20. The molecule has 0 spiro atoms. The first-order valence-corrected chi connectivity index (χ1v) is 8.02. The van der Waals surface area contributed by atoms with Gasteiger partial charge in [-0.1, -0.05) is 36.8 Å². The predicted molar refractivity (Wildman–Crippen MR) is 81.7 cm³/mol. The van der Waals surface area contributed by atoms with Crippen molar-refractivity contribution >= 4 is 0 Å². The fourth-order valence-corrected chi connectivity index (χ4v) is 3.57. The Balaban J connectivity index is 1.47. The number of aliphatic hydroxyl groups is 1. The van der Waals surface area contributed by atoms with Crippen LogP contribution in [0.4, 0.5) is 0 Å². The second kappa shape index (κ2) is 6.70. The van der Waals surface area contributed by atoms with Crippen molar-refractivity contribution in [1.82, 2.24) is 9.80 Å². The third-order valence-corrected chi connectivity index (χ3v) is 4.82. The molecule has 0 aliphatic carbocycles. The maximum atomic E-state index is 10.2. The van der Waals surface area contributed by atoms with Gasteiger partial charge in [0.25, 0.3) is 0 Å². The molecule has 20 heavy (non-hydrogen) atoms. The van der Waals surface area contributed by atoms with Gasteiger partial charge in [0.1, 0.15) is 0 Å². The summed E-state index contributed by atoms with van der Waals surface area (Å²) in [6.45, 7) is 5.89. The van der Waals surface area contributed by atoms with Crippen LogP contribution in [0.25, 0.3) is 0 Å². The van der Waals surface area contributed by atoms with Crippen molar-refractivity contribution in [2.75, 3.05) is 32.7 Å². The standard InChI is InChI=1S/C17H26N2O/c20-17(15-6-2-1-3-7-15)9-11-18-12-13-19-10-5-4-8-16(19)14-18/h1-3,6-7,16-17,20H,4-5,8-14H2. The lowest BCUT2D eigenvalue weighted by molar-refractivity contribution is 0.0405. The van der Waals surface area contributed by atoms with E-state index in [1.165, 1.54) is 38.9 Å². The number of piperidine rings is 1. The van der Waals surface area contributed by atoms with Gasteiger partial charge in [0.05, 0.1) is 6.10 Å². The molecule has 0 amide bonds. The number of nitrogens with zero attached hydrogens (tertiary/aromatic N) is 2. The van der Waals surface area contributed by atoms with Gasteiger partial charge in [0.15, 0.2) is 0 Å². The molecule has 2 fully saturated rings. The van der Waals surface area contributed by atoms with Crippen LogP contribution >= 0.6 is 0 Å². The Morgan fingerprint density at radius 3 is 2.80 bits per heavy atom. The molecule has 2 saturated heterocycles. The van der Waals surface area contributed by atoms with Gasteiger partial charge < -0.3 is 10.0 Å². The molecule has 110 valence electrons. The topological polar surface area (TPSA) is 26.7 Å². The molecule has 2 heterocycles. The summed E-state index contributed by atoms with van der Waals surface area (Å²) < 4.78 is 0. The summed E-state index contributed by atoms with van der Waals surface area (Å²) in [4.78, 5) is 5.20. The fourth-order valence-electron chi connectivity index (χ4n) is 3.57. The fraction of sp³-hybridized carbons (Fsp3) is 0.647. The number of hydrogen-bond donors (Lipinski definition) is 1. The van der Waals surface area contributed by atoms with E-state index in [0.717, 1.165) is 31.1 Å². The average molecular weight is 274 g/mol. The van der Waals surface area contributed by atoms with E-state index in [9.17, 15) is 5.11 Å². The molecule has 2 unspecified atom stereocenters. The molecule has 2 aliphatic heterocycles. The normalized spacial score (nSPS) is 26.1. The van der Waals surface area contributed by atoms with Crippen molar-refractivity contribution in [3.63, 3.8) is 0 Å². The van der Waals surface area contributed by atoms with Crippen LogP contribution in [0.5, 0.6) is 0 Å². The van der Waals surface area contributed by atoms with Crippen molar-refractivity contribution < 1.29 is 5.11 Å². The minimum Gasteiger partial charge on any atom is -0.388 e. The minimum absolute atomic E-state index is 0.319. The highest BCUT2D eigenvalue weighted by Crippen LogP contribution is 2.22. The van der Waals surface area contributed by atoms with Crippen molar-refractivity contribution in [2.45, 2.75) is 37.8 Å². The molecule has 3 heteroatoms. The van der Waals surface area contributed by atoms with Gasteiger partial charge in [-0.05, 0) is 31.4 Å². The Hall–Kier alpha value is -0.900. The summed E-state index contributed by atoms with van der Waals surface area (Å²) in [5.74, 6) is 0. The molecule has 2 aliphatic rings. The van der Waals surface area contributed by atoms with Gasteiger partial charge in [0, 0.05) is 32.2 Å². The van der Waals surface area contributed by atoms with Crippen LogP contribution in [0, 0.1) is 0 Å².